The first kappa shape index (κ1) is 24.0. The Morgan fingerprint density at radius 2 is 1.50 bits per heavy atom. The molecule has 5 heteroatoms. The van der Waals surface area contributed by atoms with Crippen LogP contribution in [-0.4, -0.2) is 30.0 Å². The van der Waals surface area contributed by atoms with Crippen molar-refractivity contribution >= 4 is 11.8 Å². The monoisotopic (exact) mass is 390 g/mol. The second-order valence-corrected chi connectivity index (χ2v) is 7.58. The summed E-state index contributed by atoms with van der Waals surface area (Å²) in [4.78, 5) is 23.4. The molecule has 0 fully saturated rings. The number of carbonyl (C=O) groups is 2. The zero-order chi connectivity index (χ0) is 20.6. The van der Waals surface area contributed by atoms with Gasteiger partial charge >= 0.3 is 0 Å². The Hall–Kier alpha value is -2.04. The lowest BCUT2D eigenvalue weighted by Gasteiger charge is -2.18. The first-order valence-corrected chi connectivity index (χ1v) is 10.8. The Morgan fingerprint density at radius 3 is 2.11 bits per heavy atom. The molecule has 3 N–H and O–H groups in total. The van der Waals surface area contributed by atoms with Gasteiger partial charge < -0.3 is 15.7 Å². The van der Waals surface area contributed by atoms with Crippen LogP contribution in [0.25, 0.3) is 0 Å². The summed E-state index contributed by atoms with van der Waals surface area (Å²) in [6, 6.07) is 7.06. The fraction of sp³-hybridized carbons (Fsp3) is 0.652. The molecule has 0 aliphatic carbocycles. The maximum absolute atomic E-state index is 12.3. The Balaban J connectivity index is 2.14. The van der Waals surface area contributed by atoms with E-state index in [9.17, 15) is 14.7 Å². The number of hydrogen-bond donors (Lipinski definition) is 3. The summed E-state index contributed by atoms with van der Waals surface area (Å²) in [5.74, 6) is 0.411. The summed E-state index contributed by atoms with van der Waals surface area (Å²) in [5, 5.41) is 15.2. The predicted octanol–water partition coefficient (Wildman–Crippen LogP) is 4.48. The first-order valence-electron chi connectivity index (χ1n) is 10.8. The lowest BCUT2D eigenvalue weighted by Crippen LogP contribution is -2.35. The van der Waals surface area contributed by atoms with E-state index in [1.807, 2.05) is 0 Å². The molecule has 0 radical (unpaired) electrons. The number of aromatic hydroxyl groups is 1. The van der Waals surface area contributed by atoms with Gasteiger partial charge in [-0.3, -0.25) is 9.59 Å². The van der Waals surface area contributed by atoms with Crippen LogP contribution in [0.3, 0.4) is 0 Å². The molecule has 158 valence electrons. The molecule has 28 heavy (non-hydrogen) atoms. The molecule has 1 unspecified atom stereocenters. The molecule has 0 aromatic heterocycles. The highest BCUT2D eigenvalue weighted by Gasteiger charge is 2.12. The van der Waals surface area contributed by atoms with Crippen LogP contribution in [-0.2, 0) is 16.0 Å². The lowest BCUT2D eigenvalue weighted by atomic mass is 10.0. The van der Waals surface area contributed by atoms with Crippen molar-refractivity contribution in [2.45, 2.75) is 90.0 Å². The molecule has 0 bridgehead atoms. The van der Waals surface area contributed by atoms with Crippen molar-refractivity contribution < 1.29 is 14.7 Å². The van der Waals surface area contributed by atoms with Gasteiger partial charge in [-0.05, 0) is 37.0 Å². The average molecular weight is 391 g/mol. The van der Waals surface area contributed by atoms with Gasteiger partial charge in [0, 0.05) is 19.5 Å². The van der Waals surface area contributed by atoms with E-state index in [0.717, 1.165) is 44.1 Å². The largest absolute Gasteiger partial charge is 0.508 e. The summed E-state index contributed by atoms with van der Waals surface area (Å²) >= 11 is 0. The van der Waals surface area contributed by atoms with Crippen LogP contribution < -0.4 is 10.6 Å². The zero-order valence-electron chi connectivity index (χ0n) is 17.6. The predicted molar refractivity (Wildman–Crippen MR) is 114 cm³/mol. The highest BCUT2D eigenvalue weighted by Crippen LogP contribution is 2.14. The van der Waals surface area contributed by atoms with Gasteiger partial charge in [-0.15, -0.1) is 0 Å². The fourth-order valence-electron chi connectivity index (χ4n) is 3.40. The standard InChI is InChI=1S/C23H38N2O3/c1-3-11-20(25-23(28)18-19-14-16-21(26)17-15-19)12-9-7-5-4-6-8-10-13-22(27)24-2/h14-17,20,26H,3-13,18H2,1-2H3,(H,24,27)(H,25,28). The van der Waals surface area contributed by atoms with Crippen LogP contribution in [0.5, 0.6) is 5.75 Å². The number of nitrogens with one attached hydrogen (secondary N) is 2. The van der Waals surface area contributed by atoms with Crippen molar-refractivity contribution in [2.75, 3.05) is 7.05 Å². The highest BCUT2D eigenvalue weighted by molar-refractivity contribution is 5.78. The molecular weight excluding hydrogens is 352 g/mol. The van der Waals surface area contributed by atoms with Crippen molar-refractivity contribution in [1.29, 1.82) is 0 Å². The fourth-order valence-corrected chi connectivity index (χ4v) is 3.40. The van der Waals surface area contributed by atoms with Crippen molar-refractivity contribution in [1.82, 2.24) is 10.6 Å². The molecule has 1 aromatic rings. The Kier molecular flexibility index (Phi) is 12.8. The molecule has 2 amide bonds. The summed E-state index contributed by atoms with van der Waals surface area (Å²) in [5.41, 5.74) is 0.918. The van der Waals surface area contributed by atoms with Gasteiger partial charge in [0.05, 0.1) is 6.42 Å². The van der Waals surface area contributed by atoms with Crippen LogP contribution in [0.2, 0.25) is 0 Å². The second-order valence-electron chi connectivity index (χ2n) is 7.58. The number of phenolic OH excluding ortho intramolecular Hbond substituents is 1. The third-order valence-corrected chi connectivity index (χ3v) is 5.04. The Morgan fingerprint density at radius 1 is 0.893 bits per heavy atom. The topological polar surface area (TPSA) is 78.4 Å². The van der Waals surface area contributed by atoms with Crippen LogP contribution >= 0.6 is 0 Å². The molecule has 1 rings (SSSR count). The lowest BCUT2D eigenvalue weighted by molar-refractivity contribution is -0.121. The van der Waals surface area contributed by atoms with Crippen LogP contribution in [0.15, 0.2) is 24.3 Å². The van der Waals surface area contributed by atoms with E-state index in [0.29, 0.717) is 12.8 Å². The van der Waals surface area contributed by atoms with Gasteiger partial charge in [0.25, 0.3) is 0 Å². The molecular formula is C23H38N2O3. The van der Waals surface area contributed by atoms with E-state index in [2.05, 4.69) is 17.6 Å². The minimum absolute atomic E-state index is 0.0558. The van der Waals surface area contributed by atoms with Crippen molar-refractivity contribution in [3.63, 3.8) is 0 Å². The number of phenols is 1. The molecule has 0 aliphatic heterocycles. The number of benzene rings is 1. The summed E-state index contributed by atoms with van der Waals surface area (Å²) in [7, 11) is 1.68. The van der Waals surface area contributed by atoms with E-state index in [4.69, 9.17) is 0 Å². The van der Waals surface area contributed by atoms with E-state index >= 15 is 0 Å². The molecule has 0 spiro atoms. The molecule has 0 saturated carbocycles. The van der Waals surface area contributed by atoms with Gasteiger partial charge in [0.15, 0.2) is 0 Å². The number of rotatable bonds is 15. The van der Waals surface area contributed by atoms with Crippen molar-refractivity contribution in [3.05, 3.63) is 29.8 Å². The third kappa shape index (κ3) is 11.6. The van der Waals surface area contributed by atoms with Gasteiger partial charge in [-0.1, -0.05) is 64.0 Å². The van der Waals surface area contributed by atoms with E-state index in [1.54, 1.807) is 31.3 Å². The number of carbonyl (C=O) groups excluding carboxylic acids is 2. The van der Waals surface area contributed by atoms with Gasteiger partial charge in [0.1, 0.15) is 5.75 Å². The molecule has 5 nitrogen and oxygen atoms in total. The van der Waals surface area contributed by atoms with Crippen LogP contribution in [0, 0.1) is 0 Å². The minimum Gasteiger partial charge on any atom is -0.508 e. The van der Waals surface area contributed by atoms with Crippen molar-refractivity contribution in [2.24, 2.45) is 0 Å². The molecule has 1 aromatic carbocycles. The van der Waals surface area contributed by atoms with E-state index in [1.165, 1.54) is 25.7 Å². The maximum Gasteiger partial charge on any atom is 0.224 e. The Bertz CT molecular complexity index is 557. The van der Waals surface area contributed by atoms with Crippen LogP contribution in [0.1, 0.15) is 83.1 Å². The van der Waals surface area contributed by atoms with Gasteiger partial charge in [-0.25, -0.2) is 0 Å². The number of amides is 2. The smallest absolute Gasteiger partial charge is 0.224 e. The molecule has 0 heterocycles. The quantitative estimate of drug-likeness (QED) is 0.386. The maximum atomic E-state index is 12.3. The van der Waals surface area contributed by atoms with E-state index < -0.39 is 0 Å². The van der Waals surface area contributed by atoms with Gasteiger partial charge in [-0.2, -0.15) is 0 Å². The highest BCUT2D eigenvalue weighted by atomic mass is 16.3. The SMILES string of the molecule is CCCC(CCCCCCCCCC(=O)NC)NC(=O)Cc1ccc(O)cc1. The molecule has 1 atom stereocenters. The molecule has 0 saturated heterocycles. The van der Waals surface area contributed by atoms with Gasteiger partial charge in [0.2, 0.25) is 11.8 Å². The van der Waals surface area contributed by atoms with Crippen molar-refractivity contribution in [3.8, 4) is 5.75 Å². The second kappa shape index (κ2) is 14.9. The summed E-state index contributed by atoms with van der Waals surface area (Å²) < 4.78 is 0. The average Bonchev–Trinajstić information content (AvgIpc) is 2.68. The molecule has 0 aliphatic rings. The Labute approximate surface area is 170 Å². The summed E-state index contributed by atoms with van der Waals surface area (Å²) in [6.45, 7) is 2.15. The minimum atomic E-state index is 0.0558. The van der Waals surface area contributed by atoms with E-state index in [-0.39, 0.29) is 23.6 Å². The third-order valence-electron chi connectivity index (χ3n) is 5.04. The normalized spacial score (nSPS) is 11.8. The first-order chi connectivity index (χ1) is 13.5. The number of unbranched alkanes of at least 4 members (excludes halogenated alkanes) is 6. The number of hydrogen-bond acceptors (Lipinski definition) is 3. The van der Waals surface area contributed by atoms with Crippen LogP contribution in [0.4, 0.5) is 0 Å². The summed E-state index contributed by atoms with van der Waals surface area (Å²) in [6.07, 6.45) is 12.2. The zero-order valence-corrected chi connectivity index (χ0v) is 17.6.